The van der Waals surface area contributed by atoms with Crippen LogP contribution in [0.25, 0.3) is 0 Å². The molecule has 0 unspecified atom stereocenters. The maximum Gasteiger partial charge on any atom is 0.261 e. The number of amides is 4. The van der Waals surface area contributed by atoms with Crippen LogP contribution in [0.5, 0.6) is 0 Å². The van der Waals surface area contributed by atoms with Gasteiger partial charge in [-0.05, 0) is 71.3 Å². The predicted molar refractivity (Wildman–Crippen MR) is 145 cm³/mol. The number of hydrogen-bond acceptors (Lipinski definition) is 7. The molecule has 2 aliphatic rings. The first-order valence-electron chi connectivity index (χ1n) is 13.2. The fraction of sp³-hybridized carbons (Fsp3) is 0.448. The van der Waals surface area contributed by atoms with Gasteiger partial charge in [-0.2, -0.15) is 0 Å². The molecule has 0 radical (unpaired) electrons. The van der Waals surface area contributed by atoms with E-state index in [4.69, 9.17) is 0 Å². The summed E-state index contributed by atoms with van der Waals surface area (Å²) in [6.07, 6.45) is 1.48. The molecule has 0 N–H and O–H groups in total. The van der Waals surface area contributed by atoms with Crippen molar-refractivity contribution in [3.05, 3.63) is 70.8 Å². The molecule has 0 aliphatic carbocycles. The molecule has 2 aromatic carbocycles. The Morgan fingerprint density at radius 2 is 0.737 bits per heavy atom. The van der Waals surface area contributed by atoms with E-state index in [0.717, 1.165) is 52.1 Å². The zero-order valence-electron chi connectivity index (χ0n) is 22.6. The molecular formula is C29H37N5O4. The lowest BCUT2D eigenvalue weighted by Gasteiger charge is -2.25. The van der Waals surface area contributed by atoms with Crippen LogP contribution in [0, 0.1) is 0 Å². The van der Waals surface area contributed by atoms with Gasteiger partial charge < -0.3 is 14.7 Å². The molecule has 202 valence electrons. The van der Waals surface area contributed by atoms with Crippen LogP contribution in [0.15, 0.2) is 48.5 Å². The Morgan fingerprint density at radius 1 is 0.474 bits per heavy atom. The van der Waals surface area contributed by atoms with Gasteiger partial charge in [-0.25, -0.2) is 0 Å². The Balaban J connectivity index is 1.07. The largest absolute Gasteiger partial charge is 0.305 e. The maximum absolute atomic E-state index is 12.5. The summed E-state index contributed by atoms with van der Waals surface area (Å²) >= 11 is 0. The highest BCUT2D eigenvalue weighted by molar-refractivity contribution is 6.22. The lowest BCUT2D eigenvalue weighted by Crippen LogP contribution is -2.38. The van der Waals surface area contributed by atoms with Crippen molar-refractivity contribution in [2.75, 3.05) is 73.5 Å². The molecule has 0 saturated heterocycles. The second-order valence-corrected chi connectivity index (χ2v) is 10.2. The quantitative estimate of drug-likeness (QED) is 0.354. The highest BCUT2D eigenvalue weighted by atomic mass is 16.2. The summed E-state index contributed by atoms with van der Waals surface area (Å²) in [5, 5.41) is 0. The van der Waals surface area contributed by atoms with E-state index in [0.29, 0.717) is 35.3 Å². The van der Waals surface area contributed by atoms with Gasteiger partial charge in [0.25, 0.3) is 23.6 Å². The molecule has 0 aromatic heterocycles. The number of fused-ring (bicyclic) bond motifs is 2. The van der Waals surface area contributed by atoms with Crippen molar-refractivity contribution >= 4 is 23.6 Å². The van der Waals surface area contributed by atoms with Crippen molar-refractivity contribution in [3.63, 3.8) is 0 Å². The van der Waals surface area contributed by atoms with Crippen LogP contribution in [0.3, 0.4) is 0 Å². The lowest BCUT2D eigenvalue weighted by atomic mass is 10.1. The molecule has 9 heteroatoms. The number of rotatable bonds is 14. The summed E-state index contributed by atoms with van der Waals surface area (Å²) in [5.41, 5.74) is 2.00. The fourth-order valence-corrected chi connectivity index (χ4v) is 4.90. The van der Waals surface area contributed by atoms with E-state index in [2.05, 4.69) is 35.8 Å². The van der Waals surface area contributed by atoms with E-state index in [1.54, 1.807) is 48.5 Å². The number of benzene rings is 2. The van der Waals surface area contributed by atoms with Gasteiger partial charge in [0.1, 0.15) is 0 Å². The minimum atomic E-state index is -0.194. The molecule has 2 heterocycles. The maximum atomic E-state index is 12.5. The second kappa shape index (κ2) is 12.4. The summed E-state index contributed by atoms with van der Waals surface area (Å²) in [5.74, 6) is -0.775. The predicted octanol–water partition coefficient (Wildman–Crippen LogP) is 2.15. The average molecular weight is 520 g/mol. The summed E-state index contributed by atoms with van der Waals surface area (Å²) in [6, 6.07) is 14.0. The van der Waals surface area contributed by atoms with Gasteiger partial charge >= 0.3 is 0 Å². The van der Waals surface area contributed by atoms with E-state index in [9.17, 15) is 19.2 Å². The average Bonchev–Trinajstić information content (AvgIpc) is 3.31. The smallest absolute Gasteiger partial charge is 0.261 e. The highest BCUT2D eigenvalue weighted by Crippen LogP contribution is 2.23. The third kappa shape index (κ3) is 6.18. The highest BCUT2D eigenvalue weighted by Gasteiger charge is 2.35. The molecule has 38 heavy (non-hydrogen) atoms. The number of hydrogen-bond donors (Lipinski definition) is 0. The molecular weight excluding hydrogens is 482 g/mol. The van der Waals surface area contributed by atoms with Gasteiger partial charge in [0.2, 0.25) is 0 Å². The Hall–Kier alpha value is -3.40. The zero-order chi connectivity index (χ0) is 27.2. The molecule has 2 aliphatic heterocycles. The summed E-state index contributed by atoms with van der Waals surface area (Å²) in [7, 11) is 6.21. The first-order chi connectivity index (χ1) is 18.3. The third-order valence-electron chi connectivity index (χ3n) is 7.33. The lowest BCUT2D eigenvalue weighted by molar-refractivity contribution is 0.0633. The number of imide groups is 2. The standard InChI is InChI=1S/C29H37N5O4/c1-30(14-8-16-33-26(35)22-10-4-5-11-23(22)27(33)36)18-20-32(3)21-19-31(2)15-9-17-34-28(37)24-12-6-7-13-25(24)29(34)38/h4-7,10-13H,8-9,14-21H2,1-3H3. The monoisotopic (exact) mass is 519 g/mol. The number of likely N-dealkylation sites (N-methyl/N-ethyl adjacent to an activating group) is 3. The molecule has 0 fully saturated rings. The van der Waals surface area contributed by atoms with Crippen molar-refractivity contribution in [1.82, 2.24) is 24.5 Å². The topological polar surface area (TPSA) is 84.5 Å². The molecule has 4 rings (SSSR count). The van der Waals surface area contributed by atoms with E-state index in [1.165, 1.54) is 9.80 Å². The van der Waals surface area contributed by atoms with Gasteiger partial charge in [0.15, 0.2) is 0 Å². The van der Waals surface area contributed by atoms with Crippen LogP contribution in [-0.2, 0) is 0 Å². The fourth-order valence-electron chi connectivity index (χ4n) is 4.90. The zero-order valence-corrected chi connectivity index (χ0v) is 22.6. The summed E-state index contributed by atoms with van der Waals surface area (Å²) in [6.45, 7) is 6.07. The molecule has 4 amide bonds. The van der Waals surface area contributed by atoms with Crippen LogP contribution in [0.1, 0.15) is 54.3 Å². The van der Waals surface area contributed by atoms with E-state index in [-0.39, 0.29) is 23.6 Å². The SMILES string of the molecule is CN(CCCN1C(=O)c2ccccc2C1=O)CCN(C)CCN(C)CCCN1C(=O)c2ccccc2C1=O. The number of carbonyl (C=O) groups excluding carboxylic acids is 4. The van der Waals surface area contributed by atoms with Crippen LogP contribution in [-0.4, -0.2) is 122 Å². The van der Waals surface area contributed by atoms with Crippen molar-refractivity contribution in [2.45, 2.75) is 12.8 Å². The van der Waals surface area contributed by atoms with Crippen LogP contribution in [0.4, 0.5) is 0 Å². The Morgan fingerprint density at radius 3 is 1.03 bits per heavy atom. The first kappa shape index (κ1) is 27.6. The van der Waals surface area contributed by atoms with E-state index in [1.807, 2.05) is 0 Å². The van der Waals surface area contributed by atoms with Gasteiger partial charge in [0.05, 0.1) is 22.3 Å². The second-order valence-electron chi connectivity index (χ2n) is 10.2. The minimum Gasteiger partial charge on any atom is -0.305 e. The van der Waals surface area contributed by atoms with Crippen molar-refractivity contribution in [3.8, 4) is 0 Å². The van der Waals surface area contributed by atoms with E-state index >= 15 is 0 Å². The molecule has 2 aromatic rings. The third-order valence-corrected chi connectivity index (χ3v) is 7.33. The van der Waals surface area contributed by atoms with E-state index < -0.39 is 0 Å². The molecule has 9 nitrogen and oxygen atoms in total. The van der Waals surface area contributed by atoms with Gasteiger partial charge in [-0.3, -0.25) is 29.0 Å². The van der Waals surface area contributed by atoms with Gasteiger partial charge in [0, 0.05) is 39.3 Å². The Bertz CT molecular complexity index is 1040. The van der Waals surface area contributed by atoms with Crippen molar-refractivity contribution in [2.24, 2.45) is 0 Å². The Kier molecular flexibility index (Phi) is 9.04. The molecule has 0 spiro atoms. The number of nitrogens with zero attached hydrogens (tertiary/aromatic N) is 5. The van der Waals surface area contributed by atoms with Crippen LogP contribution < -0.4 is 0 Å². The summed E-state index contributed by atoms with van der Waals surface area (Å²) in [4.78, 5) is 59.4. The first-order valence-corrected chi connectivity index (χ1v) is 13.2. The molecule has 0 atom stereocenters. The molecule has 0 bridgehead atoms. The number of carbonyl (C=O) groups is 4. The minimum absolute atomic E-state index is 0.194. The van der Waals surface area contributed by atoms with Crippen molar-refractivity contribution < 1.29 is 19.2 Å². The Labute approximate surface area is 224 Å². The summed E-state index contributed by atoms with van der Waals surface area (Å²) < 4.78 is 0. The van der Waals surface area contributed by atoms with Crippen LogP contribution >= 0.6 is 0 Å². The molecule has 0 saturated carbocycles. The van der Waals surface area contributed by atoms with Gasteiger partial charge in [-0.1, -0.05) is 24.3 Å². The van der Waals surface area contributed by atoms with Gasteiger partial charge in [-0.15, -0.1) is 0 Å². The normalized spacial score (nSPS) is 15.0. The van der Waals surface area contributed by atoms with Crippen molar-refractivity contribution in [1.29, 1.82) is 0 Å². The van der Waals surface area contributed by atoms with Crippen LogP contribution in [0.2, 0.25) is 0 Å².